The molecule has 5 nitrogen and oxygen atoms in total. The van der Waals surface area contributed by atoms with E-state index in [1.54, 1.807) is 12.5 Å². The maximum absolute atomic E-state index is 11.8. The standard InChI is InChI=1S/C16H21N3O2/c1-12(18-15(20)21-16(2,3)4)14-10-17-11-19(14)13-8-6-5-7-9-13/h5-12H,1-4H3,(H,18,20)/t12-/m1/s1. The average molecular weight is 287 g/mol. The molecule has 1 heterocycles. The number of carbonyl (C=O) groups is 1. The number of hydrogen-bond acceptors (Lipinski definition) is 3. The highest BCUT2D eigenvalue weighted by molar-refractivity contribution is 5.68. The molecule has 0 fully saturated rings. The summed E-state index contributed by atoms with van der Waals surface area (Å²) in [4.78, 5) is 16.0. The molecule has 1 amide bonds. The van der Waals surface area contributed by atoms with Crippen molar-refractivity contribution in [2.45, 2.75) is 39.3 Å². The molecule has 0 bridgehead atoms. The molecule has 0 saturated heterocycles. The molecule has 0 aliphatic heterocycles. The van der Waals surface area contributed by atoms with Crippen LogP contribution in [-0.2, 0) is 4.74 Å². The SMILES string of the molecule is C[C@@H](NC(=O)OC(C)(C)C)c1cncn1-c1ccccc1. The Morgan fingerprint density at radius 2 is 1.95 bits per heavy atom. The van der Waals surface area contributed by atoms with Gasteiger partial charge in [0.25, 0.3) is 0 Å². The van der Waals surface area contributed by atoms with Crippen molar-refractivity contribution in [3.05, 3.63) is 48.5 Å². The van der Waals surface area contributed by atoms with Crippen LogP contribution in [0.15, 0.2) is 42.9 Å². The number of hydrogen-bond donors (Lipinski definition) is 1. The Hall–Kier alpha value is -2.30. The lowest BCUT2D eigenvalue weighted by Gasteiger charge is -2.22. The summed E-state index contributed by atoms with van der Waals surface area (Å²) in [6.45, 7) is 7.42. The third-order valence-electron chi connectivity index (χ3n) is 2.88. The van der Waals surface area contributed by atoms with Crippen molar-refractivity contribution in [2.24, 2.45) is 0 Å². The molecule has 2 rings (SSSR count). The van der Waals surface area contributed by atoms with Gasteiger partial charge in [0.2, 0.25) is 0 Å². The van der Waals surface area contributed by atoms with E-state index in [1.165, 1.54) is 0 Å². The van der Waals surface area contributed by atoms with Gasteiger partial charge in [0, 0.05) is 5.69 Å². The summed E-state index contributed by atoms with van der Waals surface area (Å²) in [6.07, 6.45) is 3.04. The lowest BCUT2D eigenvalue weighted by molar-refractivity contribution is 0.0506. The van der Waals surface area contributed by atoms with Crippen LogP contribution in [0.3, 0.4) is 0 Å². The first-order valence-electron chi connectivity index (χ1n) is 6.94. The normalized spacial score (nSPS) is 12.8. The maximum atomic E-state index is 11.8. The van der Waals surface area contributed by atoms with Gasteiger partial charge >= 0.3 is 6.09 Å². The van der Waals surface area contributed by atoms with Gasteiger partial charge in [-0.2, -0.15) is 0 Å². The highest BCUT2D eigenvalue weighted by atomic mass is 16.6. The molecule has 1 atom stereocenters. The predicted octanol–water partition coefficient (Wildman–Crippen LogP) is 3.46. The first-order valence-corrected chi connectivity index (χ1v) is 6.94. The monoisotopic (exact) mass is 287 g/mol. The van der Waals surface area contributed by atoms with E-state index in [2.05, 4.69) is 10.3 Å². The summed E-state index contributed by atoms with van der Waals surface area (Å²) in [5.74, 6) is 0. The molecule has 112 valence electrons. The smallest absolute Gasteiger partial charge is 0.408 e. The number of rotatable bonds is 3. The molecule has 2 aromatic rings. The van der Waals surface area contributed by atoms with E-state index < -0.39 is 11.7 Å². The lowest BCUT2D eigenvalue weighted by Crippen LogP contribution is -2.34. The molecule has 0 saturated carbocycles. The zero-order valence-electron chi connectivity index (χ0n) is 12.8. The number of para-hydroxylation sites is 1. The first-order chi connectivity index (χ1) is 9.87. The fraction of sp³-hybridized carbons (Fsp3) is 0.375. The molecule has 1 aromatic carbocycles. The van der Waals surface area contributed by atoms with Gasteiger partial charge in [-0.25, -0.2) is 9.78 Å². The number of alkyl carbamates (subject to hydrolysis) is 1. The van der Waals surface area contributed by atoms with Crippen molar-refractivity contribution in [2.75, 3.05) is 0 Å². The molecule has 21 heavy (non-hydrogen) atoms. The van der Waals surface area contributed by atoms with Crippen LogP contribution in [0, 0.1) is 0 Å². The quantitative estimate of drug-likeness (QED) is 0.940. The van der Waals surface area contributed by atoms with E-state index in [4.69, 9.17) is 4.74 Å². The van der Waals surface area contributed by atoms with Crippen molar-refractivity contribution in [1.82, 2.24) is 14.9 Å². The first kappa shape index (κ1) is 15.1. The van der Waals surface area contributed by atoms with Gasteiger partial charge in [-0.1, -0.05) is 18.2 Å². The average Bonchev–Trinajstić information content (AvgIpc) is 2.86. The Bertz CT molecular complexity index is 599. The van der Waals surface area contributed by atoms with Crippen molar-refractivity contribution in [3.8, 4) is 5.69 Å². The van der Waals surface area contributed by atoms with Crippen LogP contribution in [0.2, 0.25) is 0 Å². The van der Waals surface area contributed by atoms with Gasteiger partial charge in [-0.05, 0) is 39.8 Å². The van der Waals surface area contributed by atoms with Crippen LogP contribution in [0.5, 0.6) is 0 Å². The second kappa shape index (κ2) is 5.99. The van der Waals surface area contributed by atoms with Crippen LogP contribution >= 0.6 is 0 Å². The molecule has 0 radical (unpaired) electrons. The molecule has 5 heteroatoms. The number of nitrogens with one attached hydrogen (secondary N) is 1. The lowest BCUT2D eigenvalue weighted by atomic mass is 10.2. The summed E-state index contributed by atoms with van der Waals surface area (Å²) >= 11 is 0. The third kappa shape index (κ3) is 4.08. The zero-order chi connectivity index (χ0) is 15.5. The molecule has 1 aromatic heterocycles. The van der Waals surface area contributed by atoms with E-state index in [9.17, 15) is 4.79 Å². The maximum Gasteiger partial charge on any atom is 0.408 e. The number of ether oxygens (including phenoxy) is 1. The molecular formula is C16H21N3O2. The summed E-state index contributed by atoms with van der Waals surface area (Å²) < 4.78 is 7.22. The summed E-state index contributed by atoms with van der Waals surface area (Å²) in [5.41, 5.74) is 1.39. The number of carbonyl (C=O) groups excluding carboxylic acids is 1. The van der Waals surface area contributed by atoms with Crippen LogP contribution in [0.1, 0.15) is 39.4 Å². The zero-order valence-corrected chi connectivity index (χ0v) is 12.8. The van der Waals surface area contributed by atoms with E-state index in [-0.39, 0.29) is 6.04 Å². The van der Waals surface area contributed by atoms with E-state index >= 15 is 0 Å². The Morgan fingerprint density at radius 3 is 2.57 bits per heavy atom. The van der Waals surface area contributed by atoms with Crippen molar-refractivity contribution >= 4 is 6.09 Å². The Labute approximate surface area is 125 Å². The summed E-state index contributed by atoms with van der Waals surface area (Å²) in [7, 11) is 0. The van der Waals surface area contributed by atoms with Crippen molar-refractivity contribution in [3.63, 3.8) is 0 Å². The van der Waals surface area contributed by atoms with Gasteiger partial charge in [-0.15, -0.1) is 0 Å². The van der Waals surface area contributed by atoms with E-state index in [0.29, 0.717) is 0 Å². The fourth-order valence-corrected chi connectivity index (χ4v) is 1.99. The molecule has 0 unspecified atom stereocenters. The topological polar surface area (TPSA) is 56.1 Å². The fourth-order valence-electron chi connectivity index (χ4n) is 1.99. The van der Waals surface area contributed by atoms with Crippen LogP contribution in [-0.4, -0.2) is 21.2 Å². The van der Waals surface area contributed by atoms with Crippen LogP contribution < -0.4 is 5.32 Å². The predicted molar refractivity (Wildman–Crippen MR) is 81.3 cm³/mol. The number of benzene rings is 1. The summed E-state index contributed by atoms with van der Waals surface area (Å²) in [6, 6.07) is 9.66. The minimum absolute atomic E-state index is 0.206. The minimum atomic E-state index is -0.510. The molecular weight excluding hydrogens is 266 g/mol. The van der Waals surface area contributed by atoms with Crippen LogP contribution in [0.4, 0.5) is 4.79 Å². The summed E-state index contributed by atoms with van der Waals surface area (Å²) in [5, 5.41) is 2.83. The highest BCUT2D eigenvalue weighted by Gasteiger charge is 2.20. The van der Waals surface area contributed by atoms with Gasteiger partial charge < -0.3 is 14.6 Å². The van der Waals surface area contributed by atoms with Gasteiger partial charge in [0.15, 0.2) is 0 Å². The van der Waals surface area contributed by atoms with Gasteiger partial charge in [-0.3, -0.25) is 0 Å². The number of amides is 1. The van der Waals surface area contributed by atoms with E-state index in [0.717, 1.165) is 11.4 Å². The number of nitrogens with zero attached hydrogens (tertiary/aromatic N) is 2. The Kier molecular flexibility index (Phi) is 4.31. The van der Waals surface area contributed by atoms with Crippen molar-refractivity contribution in [1.29, 1.82) is 0 Å². The third-order valence-corrected chi connectivity index (χ3v) is 2.88. The molecule has 0 spiro atoms. The minimum Gasteiger partial charge on any atom is -0.444 e. The molecule has 1 N–H and O–H groups in total. The molecule has 0 aliphatic carbocycles. The van der Waals surface area contributed by atoms with Gasteiger partial charge in [0.1, 0.15) is 5.60 Å². The highest BCUT2D eigenvalue weighted by Crippen LogP contribution is 2.18. The number of imidazole rings is 1. The molecule has 0 aliphatic rings. The second-order valence-corrected chi connectivity index (χ2v) is 5.89. The largest absolute Gasteiger partial charge is 0.444 e. The Morgan fingerprint density at radius 1 is 1.29 bits per heavy atom. The van der Waals surface area contributed by atoms with E-state index in [1.807, 2.05) is 62.6 Å². The second-order valence-electron chi connectivity index (χ2n) is 5.89. The van der Waals surface area contributed by atoms with Crippen molar-refractivity contribution < 1.29 is 9.53 Å². The Balaban J connectivity index is 2.13. The van der Waals surface area contributed by atoms with Crippen LogP contribution in [0.25, 0.3) is 5.69 Å². The van der Waals surface area contributed by atoms with Gasteiger partial charge in [0.05, 0.1) is 24.3 Å². The number of aromatic nitrogens is 2.